The van der Waals surface area contributed by atoms with Gasteiger partial charge in [0.25, 0.3) is 0 Å². The average molecular weight is 240 g/mol. The molecule has 1 heterocycles. The molecule has 0 spiro atoms. The molecule has 0 aliphatic rings. The van der Waals surface area contributed by atoms with Crippen molar-refractivity contribution in [2.24, 2.45) is 0 Å². The van der Waals surface area contributed by atoms with Crippen LogP contribution in [0.4, 0.5) is 11.6 Å². The van der Waals surface area contributed by atoms with Crippen molar-refractivity contribution >= 4 is 23.4 Å². The fourth-order valence-electron chi connectivity index (χ4n) is 1.26. The summed E-state index contributed by atoms with van der Waals surface area (Å²) in [6, 6.07) is 2.69. The highest BCUT2D eigenvalue weighted by Gasteiger charge is 2.05. The molecule has 1 aromatic rings. The van der Waals surface area contributed by atoms with Gasteiger partial charge < -0.3 is 10.6 Å². The molecule has 5 heteroatoms. The van der Waals surface area contributed by atoms with Gasteiger partial charge in [-0.2, -0.15) is 0 Å². The zero-order valence-corrected chi connectivity index (χ0v) is 11.4. The molecule has 16 heavy (non-hydrogen) atoms. The summed E-state index contributed by atoms with van der Waals surface area (Å²) in [6.07, 6.45) is 1.98. The topological polar surface area (TPSA) is 49.8 Å². The maximum absolute atomic E-state index is 4.40. The van der Waals surface area contributed by atoms with Crippen LogP contribution in [0.15, 0.2) is 11.2 Å². The Bertz CT molecular complexity index is 311. The minimum atomic E-state index is 0.372. The minimum absolute atomic E-state index is 0.372. The Labute approximate surface area is 102 Å². The SMILES string of the molecule is CSc1nc(NC(C)C)cc(NC(C)C)n1. The Morgan fingerprint density at radius 1 is 1.00 bits per heavy atom. The zero-order chi connectivity index (χ0) is 12.1. The Balaban J connectivity index is 2.91. The average Bonchev–Trinajstić information content (AvgIpc) is 2.14. The highest BCUT2D eigenvalue weighted by Crippen LogP contribution is 2.18. The lowest BCUT2D eigenvalue weighted by molar-refractivity contribution is 0.849. The second-order valence-electron chi connectivity index (χ2n) is 4.22. The van der Waals surface area contributed by atoms with E-state index < -0.39 is 0 Å². The van der Waals surface area contributed by atoms with Crippen molar-refractivity contribution < 1.29 is 0 Å². The highest BCUT2D eigenvalue weighted by molar-refractivity contribution is 7.98. The second kappa shape index (κ2) is 5.94. The predicted molar refractivity (Wildman–Crippen MR) is 71.3 cm³/mol. The molecule has 0 saturated carbocycles. The van der Waals surface area contributed by atoms with Gasteiger partial charge >= 0.3 is 0 Å². The summed E-state index contributed by atoms with van der Waals surface area (Å²) in [5.41, 5.74) is 0. The summed E-state index contributed by atoms with van der Waals surface area (Å²) in [5, 5.41) is 7.36. The lowest BCUT2D eigenvalue weighted by Gasteiger charge is -2.13. The highest BCUT2D eigenvalue weighted by atomic mass is 32.2. The summed E-state index contributed by atoms with van der Waals surface area (Å²) in [5.74, 6) is 1.75. The van der Waals surface area contributed by atoms with E-state index in [-0.39, 0.29) is 0 Å². The largest absolute Gasteiger partial charge is 0.368 e. The molecule has 0 aromatic carbocycles. The van der Waals surface area contributed by atoms with Crippen LogP contribution < -0.4 is 10.6 Å². The predicted octanol–water partition coefficient (Wildman–Crippen LogP) is 2.84. The van der Waals surface area contributed by atoms with Gasteiger partial charge in [0.1, 0.15) is 11.6 Å². The van der Waals surface area contributed by atoms with E-state index in [1.54, 1.807) is 11.8 Å². The first-order valence-corrected chi connectivity index (χ1v) is 6.70. The van der Waals surface area contributed by atoms with Crippen LogP contribution in [-0.4, -0.2) is 28.3 Å². The van der Waals surface area contributed by atoms with Crippen molar-refractivity contribution in [3.05, 3.63) is 6.07 Å². The van der Waals surface area contributed by atoms with Crippen LogP contribution >= 0.6 is 11.8 Å². The van der Waals surface area contributed by atoms with E-state index >= 15 is 0 Å². The lowest BCUT2D eigenvalue weighted by Crippen LogP contribution is -2.15. The van der Waals surface area contributed by atoms with Gasteiger partial charge in [-0.3, -0.25) is 0 Å². The molecular formula is C11H20N4S. The zero-order valence-electron chi connectivity index (χ0n) is 10.5. The molecule has 0 bridgehead atoms. The van der Waals surface area contributed by atoms with Crippen LogP contribution in [-0.2, 0) is 0 Å². The van der Waals surface area contributed by atoms with E-state index in [4.69, 9.17) is 0 Å². The van der Waals surface area contributed by atoms with Crippen LogP contribution in [0.5, 0.6) is 0 Å². The van der Waals surface area contributed by atoms with Gasteiger partial charge in [-0.1, -0.05) is 11.8 Å². The first-order chi connectivity index (χ1) is 7.51. The number of hydrogen-bond acceptors (Lipinski definition) is 5. The molecule has 1 aromatic heterocycles. The monoisotopic (exact) mass is 240 g/mol. The maximum atomic E-state index is 4.40. The Morgan fingerprint density at radius 3 is 1.75 bits per heavy atom. The molecule has 0 amide bonds. The minimum Gasteiger partial charge on any atom is -0.368 e. The normalized spacial score (nSPS) is 10.9. The lowest BCUT2D eigenvalue weighted by atomic mass is 10.3. The molecule has 4 nitrogen and oxygen atoms in total. The fraction of sp³-hybridized carbons (Fsp3) is 0.636. The van der Waals surface area contributed by atoms with E-state index in [9.17, 15) is 0 Å². The molecule has 1 rings (SSSR count). The summed E-state index contributed by atoms with van der Waals surface area (Å²) < 4.78 is 0. The third kappa shape index (κ3) is 4.26. The van der Waals surface area contributed by atoms with Crippen molar-refractivity contribution in [1.82, 2.24) is 9.97 Å². The number of hydrogen-bond donors (Lipinski definition) is 2. The summed E-state index contributed by atoms with van der Waals surface area (Å²) >= 11 is 1.55. The van der Waals surface area contributed by atoms with E-state index in [1.807, 2.05) is 12.3 Å². The molecule has 0 aliphatic heterocycles. The van der Waals surface area contributed by atoms with Crippen molar-refractivity contribution in [2.75, 3.05) is 16.9 Å². The van der Waals surface area contributed by atoms with Gasteiger partial charge in [0.15, 0.2) is 5.16 Å². The summed E-state index contributed by atoms with van der Waals surface area (Å²) in [7, 11) is 0. The molecule has 0 unspecified atom stereocenters. The van der Waals surface area contributed by atoms with Crippen molar-refractivity contribution in [3.8, 4) is 0 Å². The van der Waals surface area contributed by atoms with Gasteiger partial charge in [0.05, 0.1) is 0 Å². The van der Waals surface area contributed by atoms with Crippen molar-refractivity contribution in [3.63, 3.8) is 0 Å². The first kappa shape index (κ1) is 13.1. The Morgan fingerprint density at radius 2 is 1.44 bits per heavy atom. The third-order valence-electron chi connectivity index (χ3n) is 1.76. The fourth-order valence-corrected chi connectivity index (χ4v) is 1.64. The molecule has 2 N–H and O–H groups in total. The van der Waals surface area contributed by atoms with Crippen molar-refractivity contribution in [2.45, 2.75) is 44.9 Å². The van der Waals surface area contributed by atoms with Crippen molar-refractivity contribution in [1.29, 1.82) is 0 Å². The van der Waals surface area contributed by atoms with Crippen LogP contribution in [0.25, 0.3) is 0 Å². The number of anilines is 2. The quantitative estimate of drug-likeness (QED) is 0.612. The number of thioether (sulfide) groups is 1. The Kier molecular flexibility index (Phi) is 4.86. The third-order valence-corrected chi connectivity index (χ3v) is 2.31. The molecule has 0 aliphatic carbocycles. The van der Waals surface area contributed by atoms with Gasteiger partial charge in [-0.15, -0.1) is 0 Å². The van der Waals surface area contributed by atoms with Crippen LogP contribution in [0.1, 0.15) is 27.7 Å². The second-order valence-corrected chi connectivity index (χ2v) is 5.00. The van der Waals surface area contributed by atoms with Gasteiger partial charge in [0, 0.05) is 18.2 Å². The van der Waals surface area contributed by atoms with Gasteiger partial charge in [-0.25, -0.2) is 9.97 Å². The van der Waals surface area contributed by atoms with E-state index in [0.29, 0.717) is 12.1 Å². The first-order valence-electron chi connectivity index (χ1n) is 5.47. The van der Waals surface area contributed by atoms with E-state index in [0.717, 1.165) is 16.8 Å². The summed E-state index contributed by atoms with van der Waals surface area (Å²) in [4.78, 5) is 8.80. The molecule has 0 radical (unpaired) electrons. The Hall–Kier alpha value is -0.970. The number of nitrogens with one attached hydrogen (secondary N) is 2. The van der Waals surface area contributed by atoms with Gasteiger partial charge in [-0.05, 0) is 34.0 Å². The molecule has 90 valence electrons. The number of nitrogens with zero attached hydrogens (tertiary/aromatic N) is 2. The molecule has 0 fully saturated rings. The standard InChI is InChI=1S/C11H20N4S/c1-7(2)12-9-6-10(13-8(3)4)15-11(14-9)16-5/h6-8H,1-5H3,(H2,12,13,14,15). The number of aromatic nitrogens is 2. The smallest absolute Gasteiger partial charge is 0.191 e. The van der Waals surface area contributed by atoms with E-state index in [1.165, 1.54) is 0 Å². The van der Waals surface area contributed by atoms with Crippen LogP contribution in [0, 0.1) is 0 Å². The molecule has 0 saturated heterocycles. The molecule has 0 atom stereocenters. The van der Waals surface area contributed by atoms with E-state index in [2.05, 4.69) is 48.3 Å². The van der Waals surface area contributed by atoms with Crippen LogP contribution in [0.2, 0.25) is 0 Å². The maximum Gasteiger partial charge on any atom is 0.191 e. The molecular weight excluding hydrogens is 220 g/mol. The van der Waals surface area contributed by atoms with Gasteiger partial charge in [0.2, 0.25) is 0 Å². The van der Waals surface area contributed by atoms with Crippen LogP contribution in [0.3, 0.4) is 0 Å². The number of rotatable bonds is 5. The summed E-state index contributed by atoms with van der Waals surface area (Å²) in [6.45, 7) is 8.37.